The number of hydrogen-bond donors (Lipinski definition) is 3. The van der Waals surface area contributed by atoms with Crippen LogP contribution in [0.4, 0.5) is 10.5 Å². The average molecular weight is 493 g/mol. The third kappa shape index (κ3) is 4.73. The van der Waals surface area contributed by atoms with Gasteiger partial charge in [0.15, 0.2) is 0 Å². The van der Waals surface area contributed by atoms with Gasteiger partial charge >= 0.3 is 6.03 Å². The lowest BCUT2D eigenvalue weighted by Gasteiger charge is -2.27. The van der Waals surface area contributed by atoms with Crippen molar-refractivity contribution >= 4 is 35.3 Å². The van der Waals surface area contributed by atoms with Gasteiger partial charge in [-0.15, -0.1) is 0 Å². The SMILES string of the molecule is O=C1CCC(N2C(=O)c3ccc(CCCNC(=O)Nc4cnn(C5CCCC5)c4)cc3C2=O)C(=O)N1. The molecule has 2 aliphatic heterocycles. The third-order valence-corrected chi connectivity index (χ3v) is 6.99. The summed E-state index contributed by atoms with van der Waals surface area (Å²) >= 11 is 0. The molecule has 2 fully saturated rings. The number of urea groups is 1. The lowest BCUT2D eigenvalue weighted by Crippen LogP contribution is -2.54. The van der Waals surface area contributed by atoms with E-state index in [0.29, 0.717) is 31.1 Å². The number of fused-ring (bicyclic) bond motifs is 1. The summed E-state index contributed by atoms with van der Waals surface area (Å²) in [6.07, 6.45) is 9.59. The lowest BCUT2D eigenvalue weighted by atomic mass is 10.0. The van der Waals surface area contributed by atoms with Crippen molar-refractivity contribution in [3.8, 4) is 0 Å². The first-order chi connectivity index (χ1) is 17.4. The van der Waals surface area contributed by atoms with E-state index in [1.807, 2.05) is 10.9 Å². The van der Waals surface area contributed by atoms with Crippen LogP contribution >= 0.6 is 0 Å². The van der Waals surface area contributed by atoms with Crippen LogP contribution in [0.5, 0.6) is 0 Å². The van der Waals surface area contributed by atoms with Crippen molar-refractivity contribution in [3.05, 3.63) is 47.3 Å². The Bertz CT molecular complexity index is 1230. The molecule has 3 heterocycles. The molecule has 11 heteroatoms. The van der Waals surface area contributed by atoms with Gasteiger partial charge in [0.05, 0.1) is 29.1 Å². The van der Waals surface area contributed by atoms with Crippen LogP contribution < -0.4 is 16.0 Å². The van der Waals surface area contributed by atoms with Crippen LogP contribution in [0.25, 0.3) is 0 Å². The smallest absolute Gasteiger partial charge is 0.319 e. The molecule has 5 rings (SSSR count). The molecular formula is C25H28N6O5. The van der Waals surface area contributed by atoms with Crippen molar-refractivity contribution in [1.29, 1.82) is 0 Å². The monoisotopic (exact) mass is 492 g/mol. The Hall–Kier alpha value is -4.02. The van der Waals surface area contributed by atoms with Gasteiger partial charge < -0.3 is 10.6 Å². The summed E-state index contributed by atoms with van der Waals surface area (Å²) < 4.78 is 1.92. The van der Waals surface area contributed by atoms with Crippen LogP contribution in [-0.4, -0.2) is 56.9 Å². The molecule has 1 aliphatic carbocycles. The van der Waals surface area contributed by atoms with E-state index >= 15 is 0 Å². The maximum Gasteiger partial charge on any atom is 0.319 e. The molecule has 0 radical (unpaired) electrons. The van der Waals surface area contributed by atoms with E-state index in [4.69, 9.17) is 0 Å². The number of carbonyl (C=O) groups is 5. The van der Waals surface area contributed by atoms with Crippen molar-refractivity contribution in [2.24, 2.45) is 0 Å². The highest BCUT2D eigenvalue weighted by atomic mass is 16.2. The van der Waals surface area contributed by atoms with Gasteiger partial charge in [-0.05, 0) is 49.8 Å². The number of benzene rings is 1. The second kappa shape index (κ2) is 9.92. The molecule has 1 atom stereocenters. The highest BCUT2D eigenvalue weighted by Crippen LogP contribution is 2.30. The van der Waals surface area contributed by atoms with E-state index in [9.17, 15) is 24.0 Å². The molecule has 1 aromatic carbocycles. The zero-order chi connectivity index (χ0) is 25.2. The van der Waals surface area contributed by atoms with Crippen LogP contribution in [0.3, 0.4) is 0 Å². The number of aryl methyl sites for hydroxylation is 1. The number of nitrogens with one attached hydrogen (secondary N) is 3. The van der Waals surface area contributed by atoms with Crippen molar-refractivity contribution in [1.82, 2.24) is 25.3 Å². The first kappa shape index (κ1) is 23.7. The zero-order valence-corrected chi connectivity index (χ0v) is 19.8. The second-order valence-corrected chi connectivity index (χ2v) is 9.46. The zero-order valence-electron chi connectivity index (χ0n) is 19.8. The molecule has 3 aliphatic rings. The number of hydrogen-bond acceptors (Lipinski definition) is 6. The largest absolute Gasteiger partial charge is 0.338 e. The number of rotatable bonds is 7. The summed E-state index contributed by atoms with van der Waals surface area (Å²) in [5, 5.41) is 12.2. The maximum absolute atomic E-state index is 12.9. The Morgan fingerprint density at radius 1 is 1.06 bits per heavy atom. The van der Waals surface area contributed by atoms with Crippen LogP contribution in [0, 0.1) is 0 Å². The molecule has 1 unspecified atom stereocenters. The van der Waals surface area contributed by atoms with Gasteiger partial charge in [-0.25, -0.2) is 4.79 Å². The van der Waals surface area contributed by atoms with Gasteiger partial charge in [-0.1, -0.05) is 18.9 Å². The number of anilines is 1. The predicted molar refractivity (Wildman–Crippen MR) is 128 cm³/mol. The van der Waals surface area contributed by atoms with Gasteiger partial charge in [-0.3, -0.25) is 34.1 Å². The lowest BCUT2D eigenvalue weighted by molar-refractivity contribution is -0.136. The molecule has 188 valence electrons. The topological polar surface area (TPSA) is 142 Å². The molecule has 0 spiro atoms. The van der Waals surface area contributed by atoms with Crippen LogP contribution in [-0.2, 0) is 16.0 Å². The van der Waals surface area contributed by atoms with Crippen molar-refractivity contribution in [3.63, 3.8) is 0 Å². The van der Waals surface area contributed by atoms with Gasteiger partial charge in [0.1, 0.15) is 6.04 Å². The minimum absolute atomic E-state index is 0.0818. The number of carbonyl (C=O) groups excluding carboxylic acids is 5. The number of imide groups is 2. The van der Waals surface area contributed by atoms with Crippen molar-refractivity contribution in [2.45, 2.75) is 63.5 Å². The predicted octanol–water partition coefficient (Wildman–Crippen LogP) is 2.15. The first-order valence-electron chi connectivity index (χ1n) is 12.3. The minimum atomic E-state index is -0.980. The molecule has 6 amide bonds. The Morgan fingerprint density at radius 3 is 2.61 bits per heavy atom. The van der Waals surface area contributed by atoms with Crippen LogP contribution in [0.1, 0.15) is 77.3 Å². The Morgan fingerprint density at radius 2 is 1.83 bits per heavy atom. The number of piperidine rings is 1. The van der Waals surface area contributed by atoms with E-state index in [1.165, 1.54) is 12.8 Å². The number of aromatic nitrogens is 2. The van der Waals surface area contributed by atoms with E-state index in [1.54, 1.807) is 24.4 Å². The summed E-state index contributed by atoms with van der Waals surface area (Å²) in [6, 6.07) is 4.16. The highest BCUT2D eigenvalue weighted by molar-refractivity contribution is 6.23. The van der Waals surface area contributed by atoms with Crippen LogP contribution in [0.15, 0.2) is 30.6 Å². The molecule has 36 heavy (non-hydrogen) atoms. The fourth-order valence-electron chi connectivity index (χ4n) is 5.11. The van der Waals surface area contributed by atoms with E-state index in [-0.39, 0.29) is 30.0 Å². The van der Waals surface area contributed by atoms with Gasteiger partial charge in [-0.2, -0.15) is 5.10 Å². The van der Waals surface area contributed by atoms with Gasteiger partial charge in [0.25, 0.3) is 11.8 Å². The summed E-state index contributed by atoms with van der Waals surface area (Å²) in [5.41, 5.74) is 2.01. The highest BCUT2D eigenvalue weighted by Gasteiger charge is 2.44. The normalized spacial score (nSPS) is 20.0. The van der Waals surface area contributed by atoms with Crippen LogP contribution in [0.2, 0.25) is 0 Å². The molecular weight excluding hydrogens is 464 g/mol. The summed E-state index contributed by atoms with van der Waals surface area (Å²) in [6.45, 7) is 0.426. The van der Waals surface area contributed by atoms with E-state index < -0.39 is 29.7 Å². The molecule has 11 nitrogen and oxygen atoms in total. The third-order valence-electron chi connectivity index (χ3n) is 6.99. The standard InChI is InChI=1S/C25H28N6O5/c32-21-10-9-20(22(33)29-21)31-23(34)18-8-7-15(12-19(18)24(31)35)4-3-11-26-25(36)28-16-13-27-30(14-16)17-5-1-2-6-17/h7-8,12-14,17,20H,1-6,9-11H2,(H2,26,28,36)(H,29,32,33). The molecule has 2 aromatic rings. The van der Waals surface area contributed by atoms with E-state index in [0.717, 1.165) is 23.3 Å². The Kier molecular flexibility index (Phi) is 6.53. The Balaban J connectivity index is 1.11. The number of amides is 6. The summed E-state index contributed by atoms with van der Waals surface area (Å²) in [4.78, 5) is 62.5. The molecule has 1 saturated heterocycles. The Labute approximate surface area is 207 Å². The van der Waals surface area contributed by atoms with Gasteiger partial charge in [0.2, 0.25) is 11.8 Å². The summed E-state index contributed by atoms with van der Waals surface area (Å²) in [7, 11) is 0. The molecule has 3 N–H and O–H groups in total. The second-order valence-electron chi connectivity index (χ2n) is 9.46. The first-order valence-corrected chi connectivity index (χ1v) is 12.3. The minimum Gasteiger partial charge on any atom is -0.338 e. The van der Waals surface area contributed by atoms with Gasteiger partial charge in [0, 0.05) is 19.2 Å². The fourth-order valence-corrected chi connectivity index (χ4v) is 5.11. The number of nitrogens with zero attached hydrogens (tertiary/aromatic N) is 3. The summed E-state index contributed by atoms with van der Waals surface area (Å²) in [5.74, 6) is -2.08. The molecule has 0 bridgehead atoms. The quantitative estimate of drug-likeness (QED) is 0.399. The molecule has 1 saturated carbocycles. The molecule has 1 aromatic heterocycles. The maximum atomic E-state index is 12.9. The average Bonchev–Trinajstić information content (AvgIpc) is 3.59. The van der Waals surface area contributed by atoms with Crippen molar-refractivity contribution in [2.75, 3.05) is 11.9 Å². The van der Waals surface area contributed by atoms with Crippen molar-refractivity contribution < 1.29 is 24.0 Å². The van der Waals surface area contributed by atoms with E-state index in [2.05, 4.69) is 21.0 Å². The fraction of sp³-hybridized carbons (Fsp3) is 0.440.